The average molecular weight is 527 g/mol. The first-order chi connectivity index (χ1) is 18.9. The molecule has 3 aromatic rings. The average Bonchev–Trinajstić information content (AvgIpc) is 3.54. The Balaban J connectivity index is 1.37. The molecule has 2 aliphatic heterocycles. The van der Waals surface area contributed by atoms with E-state index in [9.17, 15) is 24.3 Å². The Morgan fingerprint density at radius 1 is 0.897 bits per heavy atom. The van der Waals surface area contributed by atoms with Gasteiger partial charge in [0.2, 0.25) is 5.91 Å². The molecule has 0 saturated carbocycles. The van der Waals surface area contributed by atoms with Gasteiger partial charge in [0.1, 0.15) is 17.8 Å². The number of benzene rings is 3. The van der Waals surface area contributed by atoms with Crippen LogP contribution in [-0.2, 0) is 22.6 Å². The summed E-state index contributed by atoms with van der Waals surface area (Å²) < 4.78 is 0. The van der Waals surface area contributed by atoms with Crippen LogP contribution in [0.4, 0.5) is 0 Å². The number of nitrogens with one attached hydrogen (secondary N) is 1. The van der Waals surface area contributed by atoms with Gasteiger partial charge >= 0.3 is 0 Å². The number of aromatic hydroxyl groups is 1. The van der Waals surface area contributed by atoms with E-state index in [1.54, 1.807) is 65.6 Å². The largest absolute Gasteiger partial charge is 0.508 e. The molecule has 3 aromatic carbocycles. The van der Waals surface area contributed by atoms with Crippen molar-refractivity contribution in [2.45, 2.75) is 37.5 Å². The van der Waals surface area contributed by atoms with Crippen molar-refractivity contribution in [2.24, 2.45) is 5.73 Å². The van der Waals surface area contributed by atoms with Crippen LogP contribution in [0.15, 0.2) is 78.9 Å². The molecule has 2 aliphatic rings. The molecule has 9 nitrogen and oxygen atoms in total. The fourth-order valence-corrected chi connectivity index (χ4v) is 5.39. The molecule has 3 amide bonds. The number of likely N-dealkylation sites (tertiary alicyclic amines) is 2. The highest BCUT2D eigenvalue weighted by Gasteiger charge is 2.52. The van der Waals surface area contributed by atoms with E-state index in [-0.39, 0.29) is 36.3 Å². The van der Waals surface area contributed by atoms with Crippen molar-refractivity contribution in [3.63, 3.8) is 0 Å². The number of Topliss-reactive ketones (excluding diaryl/α,β-unsaturated/α-hetero) is 1. The SMILES string of the molecule is NCc1ccc(C(=O)N[C@@H](Cc2ccc(O)cc2)C(=O)N2CC[C@@H]3[C@H]2C(=O)CN3C(=O)c2ccccc2)cc1. The first-order valence-corrected chi connectivity index (χ1v) is 12.9. The highest BCUT2D eigenvalue weighted by Crippen LogP contribution is 2.31. The first kappa shape index (κ1) is 26.1. The Hall–Kier alpha value is -4.50. The predicted molar refractivity (Wildman–Crippen MR) is 144 cm³/mol. The van der Waals surface area contributed by atoms with E-state index in [1.807, 2.05) is 6.07 Å². The van der Waals surface area contributed by atoms with Crippen LogP contribution in [0.2, 0.25) is 0 Å². The summed E-state index contributed by atoms with van der Waals surface area (Å²) in [5, 5.41) is 12.5. The van der Waals surface area contributed by atoms with E-state index < -0.39 is 24.0 Å². The maximum Gasteiger partial charge on any atom is 0.254 e. The zero-order chi connectivity index (χ0) is 27.5. The lowest BCUT2D eigenvalue weighted by atomic mass is 10.0. The molecule has 0 spiro atoms. The smallest absolute Gasteiger partial charge is 0.254 e. The highest BCUT2D eigenvalue weighted by molar-refractivity contribution is 6.03. The minimum absolute atomic E-state index is 0.0602. The predicted octanol–water partition coefficient (Wildman–Crippen LogP) is 1.89. The summed E-state index contributed by atoms with van der Waals surface area (Å²) in [5.74, 6) is -1.15. The molecule has 0 bridgehead atoms. The number of phenolic OH excluding ortho intramolecular Hbond substituents is 1. The van der Waals surface area contributed by atoms with Gasteiger partial charge in [0.05, 0.1) is 12.6 Å². The molecule has 2 fully saturated rings. The topological polar surface area (TPSA) is 133 Å². The normalized spacial score (nSPS) is 19.1. The van der Waals surface area contributed by atoms with Crippen molar-refractivity contribution in [3.8, 4) is 5.75 Å². The fourth-order valence-electron chi connectivity index (χ4n) is 5.39. The summed E-state index contributed by atoms with van der Waals surface area (Å²) in [7, 11) is 0. The van der Waals surface area contributed by atoms with Gasteiger partial charge in [-0.25, -0.2) is 0 Å². The standard InChI is InChI=1S/C30H30N4O5/c31-17-20-6-10-21(11-7-20)28(37)32-24(16-19-8-12-23(35)13-9-19)30(39)33-15-14-25-27(33)26(36)18-34(25)29(38)22-4-2-1-3-5-22/h1-13,24-25,27,35H,14-18,31H2,(H,32,37)/t24-,25+,27-/m0/s1. The van der Waals surface area contributed by atoms with Gasteiger partial charge in [0.15, 0.2) is 5.78 Å². The second-order valence-corrected chi connectivity index (χ2v) is 9.90. The van der Waals surface area contributed by atoms with Crippen LogP contribution in [0.1, 0.15) is 38.3 Å². The van der Waals surface area contributed by atoms with Crippen LogP contribution >= 0.6 is 0 Å². The number of nitrogens with zero attached hydrogens (tertiary/aromatic N) is 2. The van der Waals surface area contributed by atoms with E-state index in [0.717, 1.165) is 11.1 Å². The van der Waals surface area contributed by atoms with E-state index in [1.165, 1.54) is 17.0 Å². The van der Waals surface area contributed by atoms with E-state index in [2.05, 4.69) is 5.32 Å². The molecule has 0 radical (unpaired) electrons. The van der Waals surface area contributed by atoms with Gasteiger partial charge in [0.25, 0.3) is 11.8 Å². The molecule has 0 aromatic heterocycles. The number of amides is 3. The summed E-state index contributed by atoms with van der Waals surface area (Å²) in [6.45, 7) is 0.583. The molecule has 0 aliphatic carbocycles. The third kappa shape index (κ3) is 5.39. The number of carbonyl (C=O) groups is 4. The maximum atomic E-state index is 13.9. The van der Waals surface area contributed by atoms with Crippen molar-refractivity contribution in [2.75, 3.05) is 13.1 Å². The van der Waals surface area contributed by atoms with Crippen molar-refractivity contribution in [1.82, 2.24) is 15.1 Å². The Kier molecular flexibility index (Phi) is 7.42. The van der Waals surface area contributed by atoms with Crippen LogP contribution in [0.3, 0.4) is 0 Å². The molecule has 5 rings (SSSR count). The van der Waals surface area contributed by atoms with Crippen molar-refractivity contribution >= 4 is 23.5 Å². The molecular formula is C30H30N4O5. The lowest BCUT2D eigenvalue weighted by Crippen LogP contribution is -2.53. The Labute approximate surface area is 226 Å². The van der Waals surface area contributed by atoms with Crippen molar-refractivity contribution in [1.29, 1.82) is 0 Å². The molecule has 4 N–H and O–H groups in total. The number of phenols is 1. The second kappa shape index (κ2) is 11.1. The lowest BCUT2D eigenvalue weighted by molar-refractivity contribution is -0.138. The molecule has 3 atom stereocenters. The first-order valence-electron chi connectivity index (χ1n) is 12.9. The van der Waals surface area contributed by atoms with Gasteiger partial charge in [-0.2, -0.15) is 0 Å². The van der Waals surface area contributed by atoms with Crippen LogP contribution in [0, 0.1) is 0 Å². The lowest BCUT2D eigenvalue weighted by Gasteiger charge is -2.28. The second-order valence-electron chi connectivity index (χ2n) is 9.90. The van der Waals surface area contributed by atoms with Gasteiger partial charge < -0.3 is 26.0 Å². The minimum atomic E-state index is -0.957. The molecular weight excluding hydrogens is 496 g/mol. The van der Waals surface area contributed by atoms with Gasteiger partial charge in [-0.3, -0.25) is 19.2 Å². The van der Waals surface area contributed by atoms with Gasteiger partial charge in [-0.05, 0) is 53.9 Å². The summed E-state index contributed by atoms with van der Waals surface area (Å²) in [6, 6.07) is 19.9. The number of hydrogen-bond acceptors (Lipinski definition) is 6. The number of carbonyl (C=O) groups excluding carboxylic acids is 4. The summed E-state index contributed by atoms with van der Waals surface area (Å²) in [5.41, 5.74) is 8.14. The summed E-state index contributed by atoms with van der Waals surface area (Å²) in [6.07, 6.45) is 0.640. The molecule has 200 valence electrons. The fraction of sp³-hybridized carbons (Fsp3) is 0.267. The van der Waals surface area contributed by atoms with E-state index in [4.69, 9.17) is 5.73 Å². The molecule has 0 unspecified atom stereocenters. The van der Waals surface area contributed by atoms with E-state index >= 15 is 0 Å². The highest BCUT2D eigenvalue weighted by atomic mass is 16.3. The number of fused-ring (bicyclic) bond motifs is 1. The quantitative estimate of drug-likeness (QED) is 0.431. The number of hydrogen-bond donors (Lipinski definition) is 3. The van der Waals surface area contributed by atoms with Crippen LogP contribution in [0.25, 0.3) is 0 Å². The van der Waals surface area contributed by atoms with Crippen molar-refractivity contribution < 1.29 is 24.3 Å². The molecule has 2 saturated heterocycles. The van der Waals surface area contributed by atoms with Gasteiger partial charge in [-0.1, -0.05) is 42.5 Å². The summed E-state index contributed by atoms with van der Waals surface area (Å²) >= 11 is 0. The maximum absolute atomic E-state index is 13.9. The zero-order valence-corrected chi connectivity index (χ0v) is 21.3. The third-order valence-electron chi connectivity index (χ3n) is 7.42. The van der Waals surface area contributed by atoms with Crippen molar-refractivity contribution in [3.05, 3.63) is 101 Å². The number of ketones is 1. The van der Waals surface area contributed by atoms with Gasteiger partial charge in [-0.15, -0.1) is 0 Å². The number of rotatable bonds is 7. The van der Waals surface area contributed by atoms with Gasteiger partial charge in [0, 0.05) is 30.6 Å². The molecule has 9 heteroatoms. The van der Waals surface area contributed by atoms with E-state index in [0.29, 0.717) is 30.6 Å². The number of nitrogens with two attached hydrogens (primary N) is 1. The third-order valence-corrected chi connectivity index (χ3v) is 7.42. The Morgan fingerprint density at radius 3 is 2.23 bits per heavy atom. The van der Waals surface area contributed by atoms with Crippen LogP contribution in [0.5, 0.6) is 5.75 Å². The van der Waals surface area contributed by atoms with Crippen LogP contribution in [-0.4, -0.2) is 69.6 Å². The Bertz CT molecular complexity index is 1370. The molecule has 2 heterocycles. The zero-order valence-electron chi connectivity index (χ0n) is 21.3. The van der Waals surface area contributed by atoms with Crippen LogP contribution < -0.4 is 11.1 Å². The minimum Gasteiger partial charge on any atom is -0.508 e. The summed E-state index contributed by atoms with van der Waals surface area (Å²) in [4.78, 5) is 56.4. The Morgan fingerprint density at radius 2 is 1.56 bits per heavy atom. The monoisotopic (exact) mass is 526 g/mol. The molecule has 39 heavy (non-hydrogen) atoms.